The van der Waals surface area contributed by atoms with Crippen molar-refractivity contribution in [2.75, 3.05) is 13.1 Å². The maximum Gasteiger partial charge on any atom is 0.345 e. The van der Waals surface area contributed by atoms with Crippen LogP contribution in [0.25, 0.3) is 0 Å². The first-order valence-electron chi connectivity index (χ1n) is 6.90. The van der Waals surface area contributed by atoms with Crippen molar-refractivity contribution in [3.8, 4) is 0 Å². The number of aromatic nitrogens is 2. The molecular formula is C14H21N3O3. The molecule has 1 aliphatic rings. The van der Waals surface area contributed by atoms with Crippen LogP contribution in [0, 0.1) is 19.8 Å². The topological polar surface area (TPSA) is 86.3 Å². The molecule has 110 valence electrons. The van der Waals surface area contributed by atoms with Gasteiger partial charge in [-0.05, 0) is 26.2 Å². The Morgan fingerprint density at radius 2 is 2.20 bits per heavy atom. The molecule has 6 nitrogen and oxygen atoms in total. The van der Waals surface area contributed by atoms with E-state index in [1.165, 1.54) is 0 Å². The van der Waals surface area contributed by atoms with E-state index < -0.39 is 11.8 Å². The molecule has 1 saturated heterocycles. The molecule has 0 aromatic carbocycles. The van der Waals surface area contributed by atoms with Crippen LogP contribution in [0.5, 0.6) is 0 Å². The molecule has 1 amide bonds. The normalized spacial score (nSPS) is 22.9. The van der Waals surface area contributed by atoms with Crippen molar-refractivity contribution in [3.05, 3.63) is 27.4 Å². The molecule has 2 N–H and O–H groups in total. The lowest BCUT2D eigenvalue weighted by molar-refractivity contribution is -0.134. The SMILES string of the molecule is Cc1nc(=O)[nH]c(C)c1CC(=O)N1CCC(C)C(O)C1. The third-order valence-corrected chi connectivity index (χ3v) is 4.05. The molecule has 2 rings (SSSR count). The van der Waals surface area contributed by atoms with Gasteiger partial charge in [0.1, 0.15) is 0 Å². The lowest BCUT2D eigenvalue weighted by atomic mass is 9.95. The summed E-state index contributed by atoms with van der Waals surface area (Å²) in [6.07, 6.45) is 0.570. The number of aliphatic hydroxyl groups is 1. The number of likely N-dealkylation sites (tertiary alicyclic amines) is 1. The van der Waals surface area contributed by atoms with Crippen molar-refractivity contribution < 1.29 is 9.90 Å². The lowest BCUT2D eigenvalue weighted by Crippen LogP contribution is -2.46. The molecule has 2 heterocycles. The van der Waals surface area contributed by atoms with Crippen molar-refractivity contribution >= 4 is 5.91 Å². The highest BCUT2D eigenvalue weighted by Gasteiger charge is 2.27. The highest BCUT2D eigenvalue weighted by atomic mass is 16.3. The van der Waals surface area contributed by atoms with Gasteiger partial charge in [-0.1, -0.05) is 6.92 Å². The molecule has 0 radical (unpaired) electrons. The lowest BCUT2D eigenvalue weighted by Gasteiger charge is -2.34. The number of nitrogens with one attached hydrogen (secondary N) is 1. The molecule has 1 fully saturated rings. The Hall–Kier alpha value is -1.69. The number of aliphatic hydroxyl groups excluding tert-OH is 1. The Labute approximate surface area is 117 Å². The van der Waals surface area contributed by atoms with E-state index in [1.807, 2.05) is 6.92 Å². The van der Waals surface area contributed by atoms with E-state index >= 15 is 0 Å². The van der Waals surface area contributed by atoms with Crippen LogP contribution in [-0.2, 0) is 11.2 Å². The molecule has 6 heteroatoms. The molecule has 0 saturated carbocycles. The summed E-state index contributed by atoms with van der Waals surface area (Å²) < 4.78 is 0. The number of β-amino-alcohol motifs (C(OH)–C–C–N with tert-alkyl or cyclic N) is 1. The summed E-state index contributed by atoms with van der Waals surface area (Å²) in [5.41, 5.74) is 1.65. The summed E-state index contributed by atoms with van der Waals surface area (Å²) in [4.78, 5) is 31.7. The summed E-state index contributed by atoms with van der Waals surface area (Å²) in [5, 5.41) is 9.85. The average molecular weight is 279 g/mol. The average Bonchev–Trinajstić information content (AvgIpc) is 2.36. The first-order valence-corrected chi connectivity index (χ1v) is 6.90. The standard InChI is InChI=1S/C14H21N3O3/c1-8-4-5-17(7-12(8)18)13(19)6-11-9(2)15-14(20)16-10(11)3/h8,12,18H,4-7H2,1-3H3,(H,15,16,20). The maximum absolute atomic E-state index is 12.3. The van der Waals surface area contributed by atoms with Gasteiger partial charge in [-0.2, -0.15) is 4.98 Å². The number of H-pyrrole nitrogens is 1. The van der Waals surface area contributed by atoms with Crippen molar-refractivity contribution in [3.63, 3.8) is 0 Å². The van der Waals surface area contributed by atoms with Gasteiger partial charge in [0.15, 0.2) is 0 Å². The number of piperidine rings is 1. The number of aromatic amines is 1. The van der Waals surface area contributed by atoms with Gasteiger partial charge in [-0.3, -0.25) is 4.79 Å². The zero-order chi connectivity index (χ0) is 14.9. The van der Waals surface area contributed by atoms with E-state index in [-0.39, 0.29) is 18.2 Å². The number of carbonyl (C=O) groups excluding carboxylic acids is 1. The Kier molecular flexibility index (Phi) is 4.23. The zero-order valence-electron chi connectivity index (χ0n) is 12.1. The van der Waals surface area contributed by atoms with Crippen LogP contribution in [0.4, 0.5) is 0 Å². The second kappa shape index (κ2) is 5.75. The number of nitrogens with zero attached hydrogens (tertiary/aromatic N) is 2. The minimum atomic E-state index is -0.455. The summed E-state index contributed by atoms with van der Waals surface area (Å²) in [6, 6.07) is 0. The van der Waals surface area contributed by atoms with Crippen LogP contribution < -0.4 is 5.69 Å². The molecule has 1 aliphatic heterocycles. The molecule has 2 unspecified atom stereocenters. The third-order valence-electron chi connectivity index (χ3n) is 4.05. The van der Waals surface area contributed by atoms with Gasteiger partial charge in [0.25, 0.3) is 0 Å². The minimum Gasteiger partial charge on any atom is -0.391 e. The number of amides is 1. The van der Waals surface area contributed by atoms with Gasteiger partial charge in [0.05, 0.1) is 12.5 Å². The van der Waals surface area contributed by atoms with Crippen LogP contribution in [0.3, 0.4) is 0 Å². The van der Waals surface area contributed by atoms with Gasteiger partial charge in [-0.15, -0.1) is 0 Å². The smallest absolute Gasteiger partial charge is 0.345 e. The summed E-state index contributed by atoms with van der Waals surface area (Å²) in [7, 11) is 0. The number of rotatable bonds is 2. The molecular weight excluding hydrogens is 258 g/mol. The molecule has 0 bridgehead atoms. The number of carbonyl (C=O) groups is 1. The predicted octanol–water partition coefficient (Wildman–Crippen LogP) is 0.159. The first kappa shape index (κ1) is 14.7. The largest absolute Gasteiger partial charge is 0.391 e. The highest BCUT2D eigenvalue weighted by molar-refractivity contribution is 5.79. The molecule has 1 aromatic rings. The third kappa shape index (κ3) is 3.07. The number of hydrogen-bond acceptors (Lipinski definition) is 4. The molecule has 0 aliphatic carbocycles. The van der Waals surface area contributed by atoms with E-state index in [0.29, 0.717) is 24.5 Å². The molecule has 1 aromatic heterocycles. The van der Waals surface area contributed by atoms with Gasteiger partial charge >= 0.3 is 5.69 Å². The van der Waals surface area contributed by atoms with Gasteiger partial charge in [-0.25, -0.2) is 4.79 Å². The van der Waals surface area contributed by atoms with Crippen molar-refractivity contribution in [1.29, 1.82) is 0 Å². The van der Waals surface area contributed by atoms with E-state index in [1.54, 1.807) is 18.7 Å². The fourth-order valence-electron chi connectivity index (χ4n) is 2.55. The van der Waals surface area contributed by atoms with Crippen molar-refractivity contribution in [1.82, 2.24) is 14.9 Å². The zero-order valence-corrected chi connectivity index (χ0v) is 12.1. The molecule has 2 atom stereocenters. The summed E-state index contributed by atoms with van der Waals surface area (Å²) in [6.45, 7) is 6.55. The predicted molar refractivity (Wildman–Crippen MR) is 74.4 cm³/mol. The second-order valence-corrected chi connectivity index (χ2v) is 5.58. The maximum atomic E-state index is 12.3. The Morgan fingerprint density at radius 3 is 2.80 bits per heavy atom. The first-order chi connectivity index (χ1) is 9.38. The molecule has 0 spiro atoms. The van der Waals surface area contributed by atoms with E-state index in [9.17, 15) is 14.7 Å². The van der Waals surface area contributed by atoms with Gasteiger partial charge < -0.3 is 15.0 Å². The van der Waals surface area contributed by atoms with E-state index in [2.05, 4.69) is 9.97 Å². The highest BCUT2D eigenvalue weighted by Crippen LogP contribution is 2.18. The van der Waals surface area contributed by atoms with Crippen LogP contribution in [0.1, 0.15) is 30.3 Å². The second-order valence-electron chi connectivity index (χ2n) is 5.58. The molecule has 20 heavy (non-hydrogen) atoms. The Balaban J connectivity index is 2.11. The van der Waals surface area contributed by atoms with Gasteiger partial charge in [0.2, 0.25) is 5.91 Å². The summed E-state index contributed by atoms with van der Waals surface area (Å²) >= 11 is 0. The van der Waals surface area contributed by atoms with Crippen LogP contribution in [0.15, 0.2) is 4.79 Å². The Morgan fingerprint density at radius 1 is 1.50 bits per heavy atom. The van der Waals surface area contributed by atoms with Crippen LogP contribution >= 0.6 is 0 Å². The number of hydrogen-bond donors (Lipinski definition) is 2. The number of aryl methyl sites for hydroxylation is 2. The van der Waals surface area contributed by atoms with E-state index in [4.69, 9.17) is 0 Å². The van der Waals surface area contributed by atoms with Crippen LogP contribution in [-0.4, -0.2) is 45.1 Å². The summed E-state index contributed by atoms with van der Waals surface area (Å²) in [5.74, 6) is 0.202. The van der Waals surface area contributed by atoms with Crippen LogP contribution in [0.2, 0.25) is 0 Å². The monoisotopic (exact) mass is 279 g/mol. The van der Waals surface area contributed by atoms with Crippen molar-refractivity contribution in [2.24, 2.45) is 5.92 Å². The quantitative estimate of drug-likeness (QED) is 0.807. The van der Waals surface area contributed by atoms with Crippen molar-refractivity contribution in [2.45, 2.75) is 39.7 Å². The van der Waals surface area contributed by atoms with Gasteiger partial charge in [0, 0.05) is 30.0 Å². The Bertz CT molecular complexity index is 541. The minimum absolute atomic E-state index is 0.0315. The van der Waals surface area contributed by atoms with E-state index in [0.717, 1.165) is 12.0 Å². The fourth-order valence-corrected chi connectivity index (χ4v) is 2.55. The fraction of sp³-hybridized carbons (Fsp3) is 0.643.